The third kappa shape index (κ3) is 2.93. The van der Waals surface area contributed by atoms with E-state index in [1.165, 1.54) is 11.3 Å². The highest BCUT2D eigenvalue weighted by Crippen LogP contribution is 2.29. The summed E-state index contributed by atoms with van der Waals surface area (Å²) in [4.78, 5) is 25.1. The molecule has 0 aliphatic carbocycles. The molecule has 5 heteroatoms. The number of esters is 1. The van der Waals surface area contributed by atoms with Gasteiger partial charge in [-0.2, -0.15) is 0 Å². The highest BCUT2D eigenvalue weighted by molar-refractivity contribution is 7.12. The van der Waals surface area contributed by atoms with Gasteiger partial charge in [-0.05, 0) is 41.6 Å². The summed E-state index contributed by atoms with van der Waals surface area (Å²) < 4.78 is 10.9. The molecule has 0 saturated carbocycles. The van der Waals surface area contributed by atoms with E-state index in [9.17, 15) is 9.59 Å². The predicted molar refractivity (Wildman–Crippen MR) is 102 cm³/mol. The molecule has 128 valence electrons. The molecule has 2 heterocycles. The highest BCUT2D eigenvalue weighted by atomic mass is 32.1. The first kappa shape index (κ1) is 16.3. The fourth-order valence-electron chi connectivity index (χ4n) is 2.89. The number of benzene rings is 2. The molecule has 0 unspecified atom stereocenters. The SMILES string of the molecule is Cc1c(-c2ccccc2)c(=O)oc2cc(OC(=O)c3cccs3)ccc12. The lowest BCUT2D eigenvalue weighted by atomic mass is 10.00. The van der Waals surface area contributed by atoms with E-state index >= 15 is 0 Å². The lowest BCUT2D eigenvalue weighted by molar-refractivity contribution is 0.0740. The zero-order chi connectivity index (χ0) is 18.1. The second-order valence-corrected chi connectivity index (χ2v) is 6.73. The Morgan fingerprint density at radius 3 is 2.58 bits per heavy atom. The third-order valence-electron chi connectivity index (χ3n) is 4.13. The fourth-order valence-corrected chi connectivity index (χ4v) is 3.49. The van der Waals surface area contributed by atoms with Gasteiger partial charge in [0.25, 0.3) is 0 Å². The Kier molecular flexibility index (Phi) is 4.14. The van der Waals surface area contributed by atoms with Gasteiger partial charge in [0.05, 0.1) is 5.56 Å². The average molecular weight is 362 g/mol. The van der Waals surface area contributed by atoms with Gasteiger partial charge in [-0.3, -0.25) is 0 Å². The van der Waals surface area contributed by atoms with Crippen LogP contribution in [-0.2, 0) is 0 Å². The first-order valence-corrected chi connectivity index (χ1v) is 8.90. The van der Waals surface area contributed by atoms with Crippen molar-refractivity contribution < 1.29 is 13.9 Å². The standard InChI is InChI=1S/C21H14O4S/c1-13-16-10-9-15(24-20(22)18-8-5-11-26-18)12-17(16)25-21(23)19(13)14-6-3-2-4-7-14/h2-12H,1H3. The monoisotopic (exact) mass is 362 g/mol. The molecule has 0 amide bonds. The Balaban J connectivity index is 1.76. The number of hydrogen-bond donors (Lipinski definition) is 0. The number of thiophene rings is 1. The van der Waals surface area contributed by atoms with E-state index in [1.807, 2.05) is 42.6 Å². The first-order valence-electron chi connectivity index (χ1n) is 8.02. The second-order valence-electron chi connectivity index (χ2n) is 5.78. The van der Waals surface area contributed by atoms with E-state index in [0.717, 1.165) is 16.5 Å². The van der Waals surface area contributed by atoms with Crippen molar-refractivity contribution in [1.29, 1.82) is 0 Å². The number of aryl methyl sites for hydroxylation is 1. The summed E-state index contributed by atoms with van der Waals surface area (Å²) >= 11 is 1.31. The molecule has 26 heavy (non-hydrogen) atoms. The molecule has 4 aromatic rings. The van der Waals surface area contributed by atoms with Crippen molar-refractivity contribution in [2.45, 2.75) is 6.92 Å². The number of carbonyl (C=O) groups excluding carboxylic acids is 1. The maximum absolute atomic E-state index is 12.5. The number of carbonyl (C=O) groups is 1. The van der Waals surface area contributed by atoms with Gasteiger partial charge in [0, 0.05) is 11.5 Å². The quantitative estimate of drug-likeness (QED) is 0.291. The number of ether oxygens (including phenoxy) is 1. The third-order valence-corrected chi connectivity index (χ3v) is 4.98. The molecule has 0 bridgehead atoms. The van der Waals surface area contributed by atoms with Crippen LogP contribution in [0.3, 0.4) is 0 Å². The van der Waals surface area contributed by atoms with Gasteiger partial charge in [-0.25, -0.2) is 9.59 Å². The molecular formula is C21H14O4S. The van der Waals surface area contributed by atoms with Crippen LogP contribution in [0.5, 0.6) is 5.75 Å². The van der Waals surface area contributed by atoms with Crippen molar-refractivity contribution in [3.63, 3.8) is 0 Å². The van der Waals surface area contributed by atoms with Crippen LogP contribution in [0.15, 0.2) is 75.3 Å². The Morgan fingerprint density at radius 2 is 1.85 bits per heavy atom. The van der Waals surface area contributed by atoms with E-state index in [4.69, 9.17) is 9.15 Å². The predicted octanol–water partition coefficient (Wildman–Crippen LogP) is 5.05. The minimum atomic E-state index is -0.431. The molecular weight excluding hydrogens is 348 g/mol. The summed E-state index contributed by atoms with van der Waals surface area (Å²) in [5.74, 6) is -0.0924. The summed E-state index contributed by atoms with van der Waals surface area (Å²) in [5, 5.41) is 2.61. The Morgan fingerprint density at radius 1 is 1.04 bits per heavy atom. The molecule has 4 nitrogen and oxygen atoms in total. The van der Waals surface area contributed by atoms with E-state index in [1.54, 1.807) is 30.3 Å². The lowest BCUT2D eigenvalue weighted by Gasteiger charge is -2.09. The minimum Gasteiger partial charge on any atom is -0.422 e. The minimum absolute atomic E-state index is 0.339. The maximum atomic E-state index is 12.5. The summed E-state index contributed by atoms with van der Waals surface area (Å²) in [7, 11) is 0. The van der Waals surface area contributed by atoms with Gasteiger partial charge in [0.15, 0.2) is 0 Å². The Hall–Kier alpha value is -3.18. The van der Waals surface area contributed by atoms with Crippen LogP contribution in [0.1, 0.15) is 15.2 Å². The smallest absolute Gasteiger partial charge is 0.353 e. The van der Waals surface area contributed by atoms with Crippen molar-refractivity contribution in [3.05, 3.63) is 86.9 Å². The molecule has 0 fully saturated rings. The molecule has 2 aromatic heterocycles. The van der Waals surface area contributed by atoms with Gasteiger partial charge in [-0.1, -0.05) is 36.4 Å². The first-order chi connectivity index (χ1) is 12.6. The zero-order valence-corrected chi connectivity index (χ0v) is 14.7. The van der Waals surface area contributed by atoms with Crippen LogP contribution in [0, 0.1) is 6.92 Å². The van der Waals surface area contributed by atoms with E-state index in [2.05, 4.69) is 0 Å². The van der Waals surface area contributed by atoms with Crippen LogP contribution in [0.4, 0.5) is 0 Å². The van der Waals surface area contributed by atoms with Gasteiger partial charge >= 0.3 is 11.6 Å². The zero-order valence-electron chi connectivity index (χ0n) is 13.9. The normalized spacial score (nSPS) is 10.8. The molecule has 0 spiro atoms. The van der Waals surface area contributed by atoms with Crippen molar-refractivity contribution in [1.82, 2.24) is 0 Å². The van der Waals surface area contributed by atoms with Crippen LogP contribution >= 0.6 is 11.3 Å². The topological polar surface area (TPSA) is 56.5 Å². The molecule has 0 saturated heterocycles. The molecule has 4 rings (SSSR count). The van der Waals surface area contributed by atoms with Crippen molar-refractivity contribution in [2.24, 2.45) is 0 Å². The van der Waals surface area contributed by atoms with Crippen molar-refractivity contribution >= 4 is 28.3 Å². The van der Waals surface area contributed by atoms with Gasteiger partial charge in [-0.15, -0.1) is 11.3 Å². The van der Waals surface area contributed by atoms with Crippen LogP contribution in [0.2, 0.25) is 0 Å². The number of hydrogen-bond acceptors (Lipinski definition) is 5. The molecule has 0 atom stereocenters. The van der Waals surface area contributed by atoms with Gasteiger partial charge < -0.3 is 9.15 Å². The van der Waals surface area contributed by atoms with Gasteiger partial charge in [0.2, 0.25) is 0 Å². The van der Waals surface area contributed by atoms with Crippen LogP contribution in [0.25, 0.3) is 22.1 Å². The summed E-state index contributed by atoms with van der Waals surface area (Å²) in [6, 6.07) is 18.0. The molecule has 0 N–H and O–H groups in total. The number of rotatable bonds is 3. The number of fused-ring (bicyclic) bond motifs is 1. The molecule has 0 aliphatic rings. The molecule has 2 aromatic carbocycles. The maximum Gasteiger partial charge on any atom is 0.353 e. The largest absolute Gasteiger partial charge is 0.422 e. The Bertz CT molecular complexity index is 1140. The molecule has 0 aliphatic heterocycles. The lowest BCUT2D eigenvalue weighted by Crippen LogP contribution is -2.08. The fraction of sp³-hybridized carbons (Fsp3) is 0.0476. The molecule has 0 radical (unpaired) electrons. The second kappa shape index (κ2) is 6.61. The van der Waals surface area contributed by atoms with Crippen molar-refractivity contribution in [2.75, 3.05) is 0 Å². The Labute approximate surface area is 153 Å². The summed E-state index contributed by atoms with van der Waals surface area (Å²) in [5.41, 5.74) is 2.17. The van der Waals surface area contributed by atoms with Crippen molar-refractivity contribution in [3.8, 4) is 16.9 Å². The van der Waals surface area contributed by atoms with E-state index in [0.29, 0.717) is 21.8 Å². The average Bonchev–Trinajstić information content (AvgIpc) is 3.17. The highest BCUT2D eigenvalue weighted by Gasteiger charge is 2.15. The summed E-state index contributed by atoms with van der Waals surface area (Å²) in [6.07, 6.45) is 0. The van der Waals surface area contributed by atoms with Crippen LogP contribution in [-0.4, -0.2) is 5.97 Å². The summed E-state index contributed by atoms with van der Waals surface area (Å²) in [6.45, 7) is 1.89. The van der Waals surface area contributed by atoms with E-state index < -0.39 is 11.6 Å². The van der Waals surface area contributed by atoms with E-state index in [-0.39, 0.29) is 0 Å². The van der Waals surface area contributed by atoms with Gasteiger partial charge in [0.1, 0.15) is 16.2 Å². The van der Waals surface area contributed by atoms with Crippen LogP contribution < -0.4 is 10.4 Å².